The number of fused-ring (bicyclic) bond motifs is 2. The Balaban J connectivity index is 1.23. The largest absolute Gasteiger partial charge is 0.507 e. The number of rotatable bonds is 4. The summed E-state index contributed by atoms with van der Waals surface area (Å²) in [6.45, 7) is 7.46. The van der Waals surface area contributed by atoms with E-state index in [2.05, 4.69) is 42.5 Å². The van der Waals surface area contributed by atoms with Crippen LogP contribution >= 0.6 is 0 Å². The van der Waals surface area contributed by atoms with Crippen molar-refractivity contribution in [1.29, 1.82) is 0 Å². The number of phenolic OH excluding ortho intramolecular Hbond substituents is 1. The Kier molecular flexibility index (Phi) is 4.67. The summed E-state index contributed by atoms with van der Waals surface area (Å²) in [6, 6.07) is 18.9. The Hall–Kier alpha value is -2.56. The zero-order valence-electron chi connectivity index (χ0n) is 16.2. The summed E-state index contributed by atoms with van der Waals surface area (Å²) < 4.78 is 5.62. The van der Waals surface area contributed by atoms with Crippen LogP contribution in [0.2, 0.25) is 0 Å². The van der Waals surface area contributed by atoms with Crippen LogP contribution in [0.15, 0.2) is 54.6 Å². The maximum absolute atomic E-state index is 10.4. The van der Waals surface area contributed by atoms with Crippen LogP contribution in [-0.4, -0.2) is 37.9 Å². The molecule has 3 aromatic carbocycles. The number of ether oxygens (including phenoxy) is 1. The maximum atomic E-state index is 10.4. The summed E-state index contributed by atoms with van der Waals surface area (Å²) in [5.74, 6) is 1.50. The number of piperazine rings is 1. The Morgan fingerprint density at radius 3 is 2.50 bits per heavy atom. The van der Waals surface area contributed by atoms with Crippen molar-refractivity contribution < 1.29 is 19.6 Å². The summed E-state index contributed by atoms with van der Waals surface area (Å²) in [4.78, 5) is 3.22. The molecule has 1 saturated heterocycles. The Labute approximate surface area is 166 Å². The van der Waals surface area contributed by atoms with Crippen LogP contribution < -0.4 is 14.5 Å². The molecule has 4 heteroatoms. The first kappa shape index (κ1) is 17.5. The van der Waals surface area contributed by atoms with E-state index in [0.29, 0.717) is 5.75 Å². The molecule has 0 spiro atoms. The predicted molar refractivity (Wildman–Crippen MR) is 110 cm³/mol. The molecule has 0 bridgehead atoms. The second-order valence-electron chi connectivity index (χ2n) is 8.18. The zero-order valence-corrected chi connectivity index (χ0v) is 16.2. The number of hydrogen-bond donors (Lipinski definition) is 3. The fraction of sp³-hybridized carbons (Fsp3) is 0.333. The van der Waals surface area contributed by atoms with E-state index in [1.807, 2.05) is 12.1 Å². The minimum atomic E-state index is 0.432. The average Bonchev–Trinajstić information content (AvgIpc) is 3.19. The molecule has 3 aromatic rings. The van der Waals surface area contributed by atoms with E-state index < -0.39 is 0 Å². The van der Waals surface area contributed by atoms with Gasteiger partial charge in [0.15, 0.2) is 0 Å². The van der Waals surface area contributed by atoms with E-state index in [9.17, 15) is 5.11 Å². The molecule has 1 fully saturated rings. The summed E-state index contributed by atoms with van der Waals surface area (Å²) in [6.07, 6.45) is 1.05. The number of quaternary nitrogens is 2. The highest BCUT2D eigenvalue weighted by atomic mass is 16.5. The third-order valence-electron chi connectivity index (χ3n) is 6.31. The minimum Gasteiger partial charge on any atom is -0.507 e. The van der Waals surface area contributed by atoms with Gasteiger partial charge in [0.05, 0.1) is 12.2 Å². The van der Waals surface area contributed by atoms with Crippen molar-refractivity contribution in [1.82, 2.24) is 0 Å². The molecule has 2 heterocycles. The molecule has 0 amide bonds. The van der Waals surface area contributed by atoms with Gasteiger partial charge in [-0.15, -0.1) is 0 Å². The van der Waals surface area contributed by atoms with Crippen LogP contribution in [-0.2, 0) is 19.5 Å². The summed E-state index contributed by atoms with van der Waals surface area (Å²) >= 11 is 0. The van der Waals surface area contributed by atoms with Gasteiger partial charge in [0.2, 0.25) is 0 Å². The van der Waals surface area contributed by atoms with E-state index >= 15 is 0 Å². The van der Waals surface area contributed by atoms with Crippen molar-refractivity contribution >= 4 is 10.8 Å². The number of nitrogens with one attached hydrogen (secondary N) is 2. The van der Waals surface area contributed by atoms with Crippen molar-refractivity contribution in [2.24, 2.45) is 0 Å². The summed E-state index contributed by atoms with van der Waals surface area (Å²) in [5, 5.41) is 12.8. The van der Waals surface area contributed by atoms with Gasteiger partial charge in [-0.1, -0.05) is 30.3 Å². The van der Waals surface area contributed by atoms with Crippen molar-refractivity contribution in [3.8, 4) is 11.5 Å². The molecule has 5 rings (SSSR count). The standard InChI is InChI=1S/C24H26N2O2/c27-23-7-6-19-3-1-2-4-21(19)22(23)17-26-12-10-25(11-13-26)16-18-5-8-24-20(15-18)9-14-28-24/h1-8,15,27H,9-14,16-17H2/p+2. The molecule has 0 unspecified atom stereocenters. The van der Waals surface area contributed by atoms with E-state index in [1.54, 1.807) is 9.80 Å². The lowest BCUT2D eigenvalue weighted by atomic mass is 10.0. The van der Waals surface area contributed by atoms with Crippen LogP contribution in [0.4, 0.5) is 0 Å². The quantitative estimate of drug-likeness (QED) is 0.635. The highest BCUT2D eigenvalue weighted by molar-refractivity contribution is 5.87. The predicted octanol–water partition coefficient (Wildman–Crippen LogP) is 0.964. The summed E-state index contributed by atoms with van der Waals surface area (Å²) in [5.41, 5.74) is 3.89. The van der Waals surface area contributed by atoms with E-state index in [0.717, 1.165) is 50.5 Å². The van der Waals surface area contributed by atoms with Crippen LogP contribution in [0.3, 0.4) is 0 Å². The van der Waals surface area contributed by atoms with Gasteiger partial charge in [-0.25, -0.2) is 0 Å². The van der Waals surface area contributed by atoms with Crippen LogP contribution in [0.5, 0.6) is 11.5 Å². The van der Waals surface area contributed by atoms with Gasteiger partial charge in [-0.05, 0) is 40.6 Å². The molecule has 0 radical (unpaired) electrons. The highest BCUT2D eigenvalue weighted by Crippen LogP contribution is 2.27. The molecule has 0 saturated carbocycles. The van der Waals surface area contributed by atoms with E-state index in [1.165, 1.54) is 35.0 Å². The number of aromatic hydroxyl groups is 1. The van der Waals surface area contributed by atoms with Gasteiger partial charge < -0.3 is 19.6 Å². The van der Waals surface area contributed by atoms with Crippen molar-refractivity contribution in [3.05, 3.63) is 71.3 Å². The second kappa shape index (κ2) is 7.46. The molecule has 2 aliphatic heterocycles. The van der Waals surface area contributed by atoms with E-state index in [4.69, 9.17) is 4.74 Å². The third-order valence-corrected chi connectivity index (χ3v) is 6.31. The van der Waals surface area contributed by atoms with Crippen molar-refractivity contribution in [2.75, 3.05) is 32.8 Å². The van der Waals surface area contributed by atoms with Gasteiger partial charge in [0, 0.05) is 12.0 Å². The fourth-order valence-corrected chi connectivity index (χ4v) is 4.71. The molecule has 0 atom stereocenters. The van der Waals surface area contributed by atoms with Gasteiger partial charge in [-0.3, -0.25) is 0 Å². The molecule has 3 N–H and O–H groups in total. The van der Waals surface area contributed by atoms with Gasteiger partial charge in [0.1, 0.15) is 50.8 Å². The monoisotopic (exact) mass is 376 g/mol. The SMILES string of the molecule is Oc1ccc2ccccc2c1C[NH+]1CC[NH+](Cc2ccc3c(c2)CCO3)CC1. The van der Waals surface area contributed by atoms with Crippen LogP contribution in [0.1, 0.15) is 16.7 Å². The Morgan fingerprint density at radius 1 is 0.857 bits per heavy atom. The van der Waals surface area contributed by atoms with E-state index in [-0.39, 0.29) is 0 Å². The fourth-order valence-electron chi connectivity index (χ4n) is 4.71. The highest BCUT2D eigenvalue weighted by Gasteiger charge is 2.25. The lowest BCUT2D eigenvalue weighted by Gasteiger charge is -2.30. The maximum Gasteiger partial charge on any atom is 0.127 e. The molecule has 4 nitrogen and oxygen atoms in total. The molecule has 28 heavy (non-hydrogen) atoms. The number of benzene rings is 3. The molecule has 0 aliphatic carbocycles. The topological polar surface area (TPSA) is 38.3 Å². The first-order valence-electron chi connectivity index (χ1n) is 10.4. The second-order valence-corrected chi connectivity index (χ2v) is 8.18. The number of hydrogen-bond acceptors (Lipinski definition) is 2. The lowest BCUT2D eigenvalue weighted by molar-refractivity contribution is -1.02. The zero-order chi connectivity index (χ0) is 18.9. The smallest absolute Gasteiger partial charge is 0.127 e. The molecule has 144 valence electrons. The van der Waals surface area contributed by atoms with Crippen LogP contribution in [0.25, 0.3) is 10.8 Å². The lowest BCUT2D eigenvalue weighted by Crippen LogP contribution is -3.27. The number of phenols is 1. The first-order valence-corrected chi connectivity index (χ1v) is 10.4. The first-order chi connectivity index (χ1) is 13.8. The molecule has 0 aromatic heterocycles. The normalized spacial score (nSPS) is 21.4. The molecule has 2 aliphatic rings. The van der Waals surface area contributed by atoms with Gasteiger partial charge in [-0.2, -0.15) is 0 Å². The van der Waals surface area contributed by atoms with Crippen LogP contribution in [0, 0.1) is 0 Å². The molecular formula is C24H28N2O2+2. The Morgan fingerprint density at radius 2 is 1.64 bits per heavy atom. The minimum absolute atomic E-state index is 0.432. The van der Waals surface area contributed by atoms with Gasteiger partial charge in [0.25, 0.3) is 0 Å². The van der Waals surface area contributed by atoms with Crippen molar-refractivity contribution in [2.45, 2.75) is 19.5 Å². The average molecular weight is 377 g/mol. The summed E-state index contributed by atoms with van der Waals surface area (Å²) in [7, 11) is 0. The Bertz CT molecular complexity index is 993. The van der Waals surface area contributed by atoms with Gasteiger partial charge >= 0.3 is 0 Å². The van der Waals surface area contributed by atoms with Crippen molar-refractivity contribution in [3.63, 3.8) is 0 Å². The molecular weight excluding hydrogens is 348 g/mol. The third kappa shape index (κ3) is 3.46.